The van der Waals surface area contributed by atoms with Crippen LogP contribution in [0.4, 0.5) is 8.78 Å². The van der Waals surface area contributed by atoms with E-state index in [0.717, 1.165) is 50.8 Å². The fourth-order valence-corrected chi connectivity index (χ4v) is 5.04. The van der Waals surface area contributed by atoms with Gasteiger partial charge in [0.15, 0.2) is 0 Å². The predicted octanol–water partition coefficient (Wildman–Crippen LogP) is 4.67. The summed E-state index contributed by atoms with van der Waals surface area (Å²) in [4.78, 5) is 15.1. The average Bonchev–Trinajstić information content (AvgIpc) is 2.82. The predicted molar refractivity (Wildman–Crippen MR) is 128 cm³/mol. The fraction of sp³-hybridized carbons (Fsp3) is 0.458. The van der Waals surface area contributed by atoms with E-state index in [-0.39, 0.29) is 5.56 Å². The van der Waals surface area contributed by atoms with E-state index in [1.807, 2.05) is 4.90 Å². The summed E-state index contributed by atoms with van der Waals surface area (Å²) in [7, 11) is -0.0416. The van der Waals surface area contributed by atoms with E-state index in [4.69, 9.17) is 16.3 Å². The van der Waals surface area contributed by atoms with Gasteiger partial charge in [-0.3, -0.25) is 13.9 Å². The monoisotopic (exact) mass is 500 g/mol. The Bertz CT molecular complexity index is 907. The van der Waals surface area contributed by atoms with Crippen molar-refractivity contribution >= 4 is 28.8 Å². The third-order valence-corrected chi connectivity index (χ3v) is 7.42. The highest BCUT2D eigenvalue weighted by Gasteiger charge is 2.24. The average molecular weight is 501 g/mol. The second kappa shape index (κ2) is 13.7. The normalized spacial score (nSPS) is 16.2. The van der Waals surface area contributed by atoms with Crippen molar-refractivity contribution in [3.8, 4) is 0 Å². The Morgan fingerprint density at radius 1 is 1.09 bits per heavy atom. The van der Waals surface area contributed by atoms with Crippen molar-refractivity contribution in [1.29, 1.82) is 0 Å². The second-order valence-corrected chi connectivity index (χ2v) is 10.0. The van der Waals surface area contributed by atoms with Crippen molar-refractivity contribution in [2.45, 2.75) is 36.5 Å². The first-order valence-corrected chi connectivity index (χ1v) is 12.4. The highest BCUT2D eigenvalue weighted by Crippen LogP contribution is 2.31. The maximum absolute atomic E-state index is 14.0. The molecule has 1 amide bonds. The molecule has 0 radical (unpaired) electrons. The zero-order chi connectivity index (χ0) is 24.4. The van der Waals surface area contributed by atoms with E-state index in [2.05, 4.69) is 18.7 Å². The molecule has 0 aromatic heterocycles. The van der Waals surface area contributed by atoms with Crippen LogP contribution in [0.2, 0.25) is 5.02 Å². The number of hydrogen-bond donors (Lipinski definition) is 0. The molecular weight excluding hydrogens is 470 g/mol. The Labute approximate surface area is 202 Å². The first-order chi connectivity index (χ1) is 15.8. The molecule has 33 heavy (non-hydrogen) atoms. The van der Waals surface area contributed by atoms with Crippen molar-refractivity contribution in [3.05, 3.63) is 64.7 Å². The maximum Gasteiger partial charge on any atom is 0.209 e. The van der Waals surface area contributed by atoms with Gasteiger partial charge < -0.3 is 9.64 Å². The molecule has 0 bridgehead atoms. The molecule has 3 rings (SSSR count). The number of benzene rings is 2. The minimum absolute atomic E-state index is 0.0883. The summed E-state index contributed by atoms with van der Waals surface area (Å²) in [6.45, 7) is 8.50. The number of rotatable bonds is 8. The van der Waals surface area contributed by atoms with Crippen LogP contribution in [-0.2, 0) is 20.3 Å². The molecular formula is C24H31ClF2N2O3S. The number of piperazine rings is 1. The highest BCUT2D eigenvalue weighted by atomic mass is 35.5. The van der Waals surface area contributed by atoms with E-state index < -0.39 is 27.7 Å². The first-order valence-electron chi connectivity index (χ1n) is 10.8. The van der Waals surface area contributed by atoms with Gasteiger partial charge in [-0.2, -0.15) is 0 Å². The largest absolute Gasteiger partial charge is 0.385 e. The summed E-state index contributed by atoms with van der Waals surface area (Å²) in [5.41, 5.74) is 0.0883. The number of hydrogen-bond acceptors (Lipinski definition) is 4. The Morgan fingerprint density at radius 3 is 2.27 bits per heavy atom. The Balaban J connectivity index is 0.000000294. The number of amides is 1. The van der Waals surface area contributed by atoms with Gasteiger partial charge in [-0.05, 0) is 62.7 Å². The van der Waals surface area contributed by atoms with Crippen LogP contribution in [0.1, 0.15) is 31.1 Å². The SMILES string of the molecule is CC(C)N1CCN(C=O)CC1.COCC[C@@H](c1cc(F)ccc1F)S(=O)c1ccc(Cl)cc1. The molecule has 0 saturated carbocycles. The molecule has 2 aromatic carbocycles. The van der Waals surface area contributed by atoms with E-state index in [9.17, 15) is 17.8 Å². The van der Waals surface area contributed by atoms with E-state index in [0.29, 0.717) is 29.0 Å². The van der Waals surface area contributed by atoms with Crippen LogP contribution in [0.25, 0.3) is 0 Å². The van der Waals surface area contributed by atoms with Gasteiger partial charge in [0, 0.05) is 61.4 Å². The fourth-order valence-electron chi connectivity index (χ4n) is 3.46. The summed E-state index contributed by atoms with van der Waals surface area (Å²) in [5.74, 6) is -1.14. The Hall–Kier alpha value is -1.87. The number of halogens is 3. The topological polar surface area (TPSA) is 49.9 Å². The lowest BCUT2D eigenvalue weighted by atomic mass is 10.1. The van der Waals surface area contributed by atoms with E-state index in [1.54, 1.807) is 24.3 Å². The molecule has 1 fully saturated rings. The lowest BCUT2D eigenvalue weighted by Gasteiger charge is -2.34. The standard InChI is InChI=1S/C16H15ClF2O2S.C8H16N2O/c1-21-9-8-16(14-10-12(18)4-7-15(14)19)22(20)13-5-2-11(17)3-6-13;1-8(2)10-5-3-9(7-11)4-6-10/h2-7,10,16H,8-9H2,1H3;7-8H,3-6H2,1-2H3/t16-,22?;/m0./s1. The van der Waals surface area contributed by atoms with Gasteiger partial charge in [-0.15, -0.1) is 0 Å². The van der Waals surface area contributed by atoms with Crippen molar-refractivity contribution in [2.75, 3.05) is 39.9 Å². The van der Waals surface area contributed by atoms with Crippen LogP contribution in [0.15, 0.2) is 47.4 Å². The van der Waals surface area contributed by atoms with Crippen molar-refractivity contribution in [2.24, 2.45) is 0 Å². The first kappa shape index (κ1) is 27.4. The molecule has 2 aromatic rings. The number of carbonyl (C=O) groups excluding carboxylic acids is 1. The molecule has 1 unspecified atom stereocenters. The molecule has 9 heteroatoms. The Morgan fingerprint density at radius 2 is 1.73 bits per heavy atom. The van der Waals surface area contributed by atoms with Crippen molar-refractivity contribution < 1.29 is 22.5 Å². The Kier molecular flexibility index (Phi) is 11.4. The number of methoxy groups -OCH3 is 1. The number of carbonyl (C=O) groups is 1. The molecule has 1 aliphatic rings. The van der Waals surface area contributed by atoms with E-state index in [1.165, 1.54) is 7.11 Å². The smallest absolute Gasteiger partial charge is 0.209 e. The van der Waals surface area contributed by atoms with Gasteiger partial charge in [0.25, 0.3) is 0 Å². The summed E-state index contributed by atoms with van der Waals surface area (Å²) in [5, 5.41) is -0.178. The van der Waals surface area contributed by atoms with Gasteiger partial charge in [-0.25, -0.2) is 8.78 Å². The third-order valence-electron chi connectivity index (χ3n) is 5.42. The minimum atomic E-state index is -1.55. The van der Waals surface area contributed by atoms with Gasteiger partial charge >= 0.3 is 0 Å². The molecule has 0 N–H and O–H groups in total. The van der Waals surface area contributed by atoms with Crippen LogP contribution in [0, 0.1) is 11.6 Å². The zero-order valence-electron chi connectivity index (χ0n) is 19.2. The van der Waals surface area contributed by atoms with Crippen LogP contribution >= 0.6 is 11.6 Å². The summed E-state index contributed by atoms with van der Waals surface area (Å²) >= 11 is 5.81. The number of nitrogens with zero attached hydrogens (tertiary/aromatic N) is 2. The molecule has 0 spiro atoms. The summed E-state index contributed by atoms with van der Waals surface area (Å²) in [6.07, 6.45) is 1.25. The molecule has 2 atom stereocenters. The van der Waals surface area contributed by atoms with E-state index >= 15 is 0 Å². The molecule has 1 heterocycles. The maximum atomic E-state index is 14.0. The van der Waals surface area contributed by atoms with Crippen molar-refractivity contribution in [3.63, 3.8) is 0 Å². The van der Waals surface area contributed by atoms with Crippen LogP contribution in [0.3, 0.4) is 0 Å². The highest BCUT2D eigenvalue weighted by molar-refractivity contribution is 7.85. The lowest BCUT2D eigenvalue weighted by molar-refractivity contribution is -0.119. The minimum Gasteiger partial charge on any atom is -0.385 e. The van der Waals surface area contributed by atoms with Gasteiger partial charge in [0.1, 0.15) is 11.6 Å². The molecule has 5 nitrogen and oxygen atoms in total. The number of ether oxygens (including phenoxy) is 1. The van der Waals surface area contributed by atoms with Crippen molar-refractivity contribution in [1.82, 2.24) is 9.80 Å². The van der Waals surface area contributed by atoms with Gasteiger partial charge in [0.2, 0.25) is 6.41 Å². The van der Waals surface area contributed by atoms with Crippen LogP contribution in [-0.4, -0.2) is 66.4 Å². The molecule has 182 valence electrons. The lowest BCUT2D eigenvalue weighted by Crippen LogP contribution is -2.48. The van der Waals surface area contributed by atoms with Crippen LogP contribution < -0.4 is 0 Å². The van der Waals surface area contributed by atoms with Gasteiger partial charge in [-0.1, -0.05) is 11.6 Å². The summed E-state index contributed by atoms with van der Waals surface area (Å²) < 4.78 is 45.2. The quantitative estimate of drug-likeness (QED) is 0.494. The summed E-state index contributed by atoms with van der Waals surface area (Å²) in [6, 6.07) is 10.3. The zero-order valence-corrected chi connectivity index (χ0v) is 20.7. The second-order valence-electron chi connectivity index (χ2n) is 7.96. The third kappa shape index (κ3) is 8.45. The molecule has 1 saturated heterocycles. The van der Waals surface area contributed by atoms with Gasteiger partial charge in [0.05, 0.1) is 16.0 Å². The van der Waals surface area contributed by atoms with Crippen LogP contribution in [0.5, 0.6) is 0 Å². The molecule has 1 aliphatic heterocycles. The molecule has 0 aliphatic carbocycles.